The van der Waals surface area contributed by atoms with Gasteiger partial charge in [-0.25, -0.2) is 0 Å². The quantitative estimate of drug-likeness (QED) is 0.499. The summed E-state index contributed by atoms with van der Waals surface area (Å²) in [5.74, 6) is 0.0678. The molecule has 4 rings (SSSR count). The normalized spacial score (nSPS) is 19.1. The molecule has 1 N–H and O–H groups in total. The Morgan fingerprint density at radius 1 is 1.09 bits per heavy atom. The molecular formula is C26H31Cl2N2O2+. The Labute approximate surface area is 200 Å². The van der Waals surface area contributed by atoms with E-state index in [0.29, 0.717) is 15.8 Å². The zero-order valence-electron chi connectivity index (χ0n) is 18.7. The molecule has 1 aliphatic carbocycles. The van der Waals surface area contributed by atoms with Crippen LogP contribution in [-0.2, 0) is 11.3 Å². The first-order chi connectivity index (χ1) is 15.3. The number of nitrogens with zero attached hydrogens (tertiary/aromatic N) is 1. The molecule has 1 atom stereocenters. The maximum absolute atomic E-state index is 12.8. The third kappa shape index (κ3) is 5.48. The summed E-state index contributed by atoms with van der Waals surface area (Å²) < 4.78 is 6.84. The highest BCUT2D eigenvalue weighted by Crippen LogP contribution is 2.34. The predicted molar refractivity (Wildman–Crippen MR) is 132 cm³/mol. The second-order valence-electron chi connectivity index (χ2n) is 9.49. The standard InChI is InChI=1S/C26H30Cl2N2O2/c1-30(2,22-6-4-3-5-7-22)16-18-8-11-21(12-9-18)29-26(31)19-10-13-23-24(28)14-20(27)15-25(23)32-17-19/h8-15,19,22H,3-7,16-17H2,1-2H3/p+1. The number of amides is 1. The van der Waals surface area contributed by atoms with E-state index in [1.165, 1.54) is 37.7 Å². The van der Waals surface area contributed by atoms with Gasteiger partial charge in [0.05, 0.1) is 31.1 Å². The minimum atomic E-state index is -0.418. The van der Waals surface area contributed by atoms with Crippen molar-refractivity contribution in [3.63, 3.8) is 0 Å². The van der Waals surface area contributed by atoms with E-state index in [9.17, 15) is 4.79 Å². The van der Waals surface area contributed by atoms with Gasteiger partial charge in [0.15, 0.2) is 0 Å². The van der Waals surface area contributed by atoms with Crippen molar-refractivity contribution in [3.8, 4) is 5.75 Å². The van der Waals surface area contributed by atoms with Crippen LogP contribution < -0.4 is 10.1 Å². The van der Waals surface area contributed by atoms with Gasteiger partial charge >= 0.3 is 0 Å². The van der Waals surface area contributed by atoms with E-state index in [4.69, 9.17) is 27.9 Å². The van der Waals surface area contributed by atoms with Gasteiger partial charge in [-0.15, -0.1) is 0 Å². The molecule has 1 unspecified atom stereocenters. The van der Waals surface area contributed by atoms with Crippen LogP contribution in [-0.4, -0.2) is 37.1 Å². The van der Waals surface area contributed by atoms with E-state index < -0.39 is 5.92 Å². The van der Waals surface area contributed by atoms with Crippen LogP contribution in [0.15, 0.2) is 42.5 Å². The average molecular weight is 474 g/mol. The highest BCUT2D eigenvalue weighted by Gasteiger charge is 2.29. The van der Waals surface area contributed by atoms with Gasteiger partial charge in [0, 0.05) is 21.8 Å². The number of nitrogens with one attached hydrogen (secondary N) is 1. The highest BCUT2D eigenvalue weighted by atomic mass is 35.5. The van der Waals surface area contributed by atoms with Crippen molar-refractivity contribution in [3.05, 3.63) is 63.6 Å². The number of quaternary nitrogens is 1. The fraction of sp³-hybridized carbons (Fsp3) is 0.423. The van der Waals surface area contributed by atoms with Crippen molar-refractivity contribution in [2.24, 2.45) is 5.92 Å². The third-order valence-corrected chi connectivity index (χ3v) is 7.21. The monoisotopic (exact) mass is 473 g/mol. The van der Waals surface area contributed by atoms with E-state index in [-0.39, 0.29) is 12.5 Å². The van der Waals surface area contributed by atoms with Crippen molar-refractivity contribution in [2.45, 2.75) is 44.7 Å². The molecule has 1 saturated carbocycles. The van der Waals surface area contributed by atoms with Crippen molar-refractivity contribution < 1.29 is 14.0 Å². The molecular weight excluding hydrogens is 443 g/mol. The minimum absolute atomic E-state index is 0.109. The number of hydrogen-bond acceptors (Lipinski definition) is 2. The van der Waals surface area contributed by atoms with Crippen molar-refractivity contribution in [1.82, 2.24) is 0 Å². The molecule has 0 bridgehead atoms. The van der Waals surface area contributed by atoms with Gasteiger partial charge in [0.1, 0.15) is 18.9 Å². The lowest BCUT2D eigenvalue weighted by atomic mass is 9.92. The van der Waals surface area contributed by atoms with Gasteiger partial charge in [0.2, 0.25) is 5.91 Å². The van der Waals surface area contributed by atoms with Gasteiger partial charge in [-0.2, -0.15) is 0 Å². The Morgan fingerprint density at radius 2 is 1.81 bits per heavy atom. The zero-order valence-corrected chi connectivity index (χ0v) is 20.3. The lowest BCUT2D eigenvalue weighted by Crippen LogP contribution is -2.48. The molecule has 6 heteroatoms. The minimum Gasteiger partial charge on any atom is -0.492 e. The fourth-order valence-corrected chi connectivity index (χ4v) is 5.30. The van der Waals surface area contributed by atoms with E-state index in [0.717, 1.165) is 28.3 Å². The summed E-state index contributed by atoms with van der Waals surface area (Å²) in [6, 6.07) is 12.3. The SMILES string of the molecule is C[N+](C)(Cc1ccc(NC(=O)C2C=Cc3c(Cl)cc(Cl)cc3OC2)cc1)C1CCCCC1. The summed E-state index contributed by atoms with van der Waals surface area (Å²) in [5.41, 5.74) is 2.82. The van der Waals surface area contributed by atoms with Crippen molar-refractivity contribution in [1.29, 1.82) is 0 Å². The molecule has 0 saturated heterocycles. The second kappa shape index (κ2) is 9.86. The van der Waals surface area contributed by atoms with Gasteiger partial charge < -0.3 is 14.5 Å². The zero-order chi connectivity index (χ0) is 22.7. The third-order valence-electron chi connectivity index (χ3n) is 6.68. The summed E-state index contributed by atoms with van der Waals surface area (Å²) in [7, 11) is 4.67. The number of carbonyl (C=O) groups excluding carboxylic acids is 1. The van der Waals surface area contributed by atoms with Crippen LogP contribution in [0.4, 0.5) is 5.69 Å². The topological polar surface area (TPSA) is 38.3 Å². The summed E-state index contributed by atoms with van der Waals surface area (Å²) in [5, 5.41) is 4.03. The molecule has 2 aromatic rings. The van der Waals surface area contributed by atoms with Crippen LogP contribution in [0.3, 0.4) is 0 Å². The number of halogens is 2. The number of hydrogen-bond donors (Lipinski definition) is 1. The molecule has 2 aliphatic rings. The molecule has 1 fully saturated rings. The number of fused-ring (bicyclic) bond motifs is 1. The molecule has 0 spiro atoms. The number of ether oxygens (including phenoxy) is 1. The first-order valence-electron chi connectivity index (χ1n) is 11.3. The molecule has 2 aromatic carbocycles. The molecule has 1 amide bonds. The molecule has 170 valence electrons. The fourth-order valence-electron chi connectivity index (χ4n) is 4.76. The summed E-state index contributed by atoms with van der Waals surface area (Å²) in [6.45, 7) is 1.23. The van der Waals surface area contributed by atoms with Crippen LogP contribution in [0, 0.1) is 5.92 Å². The molecule has 0 radical (unpaired) electrons. The Balaban J connectivity index is 1.37. The number of rotatable bonds is 5. The Bertz CT molecular complexity index is 996. The predicted octanol–water partition coefficient (Wildman–Crippen LogP) is 6.56. The molecule has 32 heavy (non-hydrogen) atoms. The Hall–Kier alpha value is -2.01. The van der Waals surface area contributed by atoms with Gasteiger partial charge in [0.25, 0.3) is 0 Å². The van der Waals surface area contributed by atoms with Gasteiger partial charge in [-0.1, -0.05) is 53.9 Å². The second-order valence-corrected chi connectivity index (χ2v) is 10.3. The van der Waals surface area contributed by atoms with Gasteiger partial charge in [-0.05, 0) is 49.9 Å². The van der Waals surface area contributed by atoms with Crippen LogP contribution in [0.5, 0.6) is 5.75 Å². The van der Waals surface area contributed by atoms with E-state index in [1.54, 1.807) is 12.1 Å². The Morgan fingerprint density at radius 3 is 2.53 bits per heavy atom. The summed E-state index contributed by atoms with van der Waals surface area (Å²) >= 11 is 12.3. The summed E-state index contributed by atoms with van der Waals surface area (Å²) in [6.07, 6.45) is 10.4. The summed E-state index contributed by atoms with van der Waals surface area (Å²) in [4.78, 5) is 12.8. The molecule has 0 aromatic heterocycles. The van der Waals surface area contributed by atoms with Gasteiger partial charge in [-0.3, -0.25) is 4.79 Å². The first-order valence-corrected chi connectivity index (χ1v) is 12.1. The lowest BCUT2D eigenvalue weighted by molar-refractivity contribution is -0.929. The maximum atomic E-state index is 12.8. The maximum Gasteiger partial charge on any atom is 0.234 e. The van der Waals surface area contributed by atoms with Crippen LogP contribution in [0.2, 0.25) is 10.0 Å². The number of benzene rings is 2. The Kier molecular flexibility index (Phi) is 7.14. The number of carbonyl (C=O) groups is 1. The molecule has 4 nitrogen and oxygen atoms in total. The number of anilines is 1. The van der Waals surface area contributed by atoms with Crippen LogP contribution in [0.1, 0.15) is 43.2 Å². The van der Waals surface area contributed by atoms with E-state index in [2.05, 4.69) is 31.5 Å². The first kappa shape index (κ1) is 23.2. The highest BCUT2D eigenvalue weighted by molar-refractivity contribution is 6.36. The molecule has 1 heterocycles. The molecule has 1 aliphatic heterocycles. The van der Waals surface area contributed by atoms with Crippen LogP contribution >= 0.6 is 23.2 Å². The van der Waals surface area contributed by atoms with E-state index in [1.807, 2.05) is 24.3 Å². The lowest BCUT2D eigenvalue weighted by Gasteiger charge is -2.40. The van der Waals surface area contributed by atoms with Crippen molar-refractivity contribution in [2.75, 3.05) is 26.0 Å². The largest absolute Gasteiger partial charge is 0.492 e. The smallest absolute Gasteiger partial charge is 0.234 e. The van der Waals surface area contributed by atoms with Crippen molar-refractivity contribution >= 4 is 40.9 Å². The van der Waals surface area contributed by atoms with E-state index >= 15 is 0 Å². The average Bonchev–Trinajstić information content (AvgIpc) is 2.98. The van der Waals surface area contributed by atoms with Crippen LogP contribution in [0.25, 0.3) is 6.08 Å².